The Morgan fingerprint density at radius 2 is 1.64 bits per heavy atom. The summed E-state index contributed by atoms with van der Waals surface area (Å²) in [6, 6.07) is 19.5. The van der Waals surface area contributed by atoms with Crippen molar-refractivity contribution in [2.45, 2.75) is 0 Å². The molecule has 1 heterocycles. The van der Waals surface area contributed by atoms with E-state index in [9.17, 15) is 10.1 Å². The number of benzene rings is 3. The first-order valence-corrected chi connectivity index (χ1v) is 7.71. The Hall–Kier alpha value is -3.60. The summed E-state index contributed by atoms with van der Waals surface area (Å²) < 4.78 is 11.8. The van der Waals surface area contributed by atoms with E-state index in [0.29, 0.717) is 28.6 Å². The van der Waals surface area contributed by atoms with Crippen molar-refractivity contribution in [2.24, 2.45) is 0 Å². The molecule has 122 valence electrons. The topological polar surface area (TPSA) is 61.6 Å². The number of hydrogen-bond donors (Lipinski definition) is 0. The molecule has 1 aliphatic heterocycles. The lowest BCUT2D eigenvalue weighted by molar-refractivity contribution is -0.385. The van der Waals surface area contributed by atoms with Crippen LogP contribution in [0.1, 0.15) is 11.1 Å². The van der Waals surface area contributed by atoms with Crippen LogP contribution in [0.2, 0.25) is 0 Å². The molecular formula is C20H13NO4. The third kappa shape index (κ3) is 2.95. The van der Waals surface area contributed by atoms with Crippen LogP contribution >= 0.6 is 0 Å². The zero-order chi connectivity index (χ0) is 17.2. The molecule has 0 radical (unpaired) electrons. The first-order valence-electron chi connectivity index (χ1n) is 7.71. The maximum Gasteiger partial charge on any atom is 0.276 e. The first kappa shape index (κ1) is 15.0. The third-order valence-corrected chi connectivity index (χ3v) is 3.84. The molecule has 0 atom stereocenters. The fourth-order valence-corrected chi connectivity index (χ4v) is 2.64. The van der Waals surface area contributed by atoms with Gasteiger partial charge >= 0.3 is 0 Å². The van der Waals surface area contributed by atoms with Gasteiger partial charge in [0, 0.05) is 5.56 Å². The normalized spacial score (nSPS) is 11.7. The van der Waals surface area contributed by atoms with Crippen LogP contribution in [0.25, 0.3) is 12.2 Å². The number of fused-ring (bicyclic) bond motifs is 2. The maximum absolute atomic E-state index is 11.3. The number of hydrogen-bond acceptors (Lipinski definition) is 4. The van der Waals surface area contributed by atoms with Gasteiger partial charge in [-0.25, -0.2) is 0 Å². The van der Waals surface area contributed by atoms with Crippen molar-refractivity contribution in [1.82, 2.24) is 0 Å². The van der Waals surface area contributed by atoms with Crippen LogP contribution in [-0.2, 0) is 0 Å². The lowest BCUT2D eigenvalue weighted by Gasteiger charge is -2.13. The van der Waals surface area contributed by atoms with Crippen molar-refractivity contribution in [3.8, 4) is 23.0 Å². The molecule has 0 aliphatic carbocycles. The van der Waals surface area contributed by atoms with Crippen molar-refractivity contribution in [3.63, 3.8) is 0 Å². The van der Waals surface area contributed by atoms with Gasteiger partial charge in [0.25, 0.3) is 5.69 Å². The highest BCUT2D eigenvalue weighted by atomic mass is 16.6. The van der Waals surface area contributed by atoms with Crippen LogP contribution in [0.15, 0.2) is 66.7 Å². The highest BCUT2D eigenvalue weighted by Crippen LogP contribution is 2.42. The molecule has 3 aromatic rings. The third-order valence-electron chi connectivity index (χ3n) is 3.84. The van der Waals surface area contributed by atoms with E-state index in [0.717, 1.165) is 5.56 Å². The standard InChI is InChI=1S/C20H13NO4/c22-21(23)15-12-19(24-16-7-2-1-3-8-16)17-11-10-14-6-4-5-9-18(14)25-20(17)13-15/h1-13H. The predicted octanol–water partition coefficient (Wildman–Crippen LogP) is 5.66. The Bertz CT molecular complexity index is 980. The van der Waals surface area contributed by atoms with E-state index < -0.39 is 4.92 Å². The SMILES string of the molecule is O=[N+]([O-])c1cc(Oc2ccccc2)c2c(c1)Oc1ccccc1C=C2. The molecule has 0 bridgehead atoms. The number of non-ortho nitro benzene ring substituents is 1. The van der Waals surface area contributed by atoms with Gasteiger partial charge in [0.05, 0.1) is 22.6 Å². The summed E-state index contributed by atoms with van der Waals surface area (Å²) in [6.45, 7) is 0. The number of nitro benzene ring substituents is 1. The molecule has 0 spiro atoms. The smallest absolute Gasteiger partial charge is 0.276 e. The van der Waals surface area contributed by atoms with Gasteiger partial charge in [-0.2, -0.15) is 0 Å². The second-order valence-electron chi connectivity index (χ2n) is 5.50. The highest BCUT2D eigenvalue weighted by Gasteiger charge is 2.21. The van der Waals surface area contributed by atoms with Gasteiger partial charge in [0.2, 0.25) is 0 Å². The van der Waals surface area contributed by atoms with Gasteiger partial charge in [-0.1, -0.05) is 42.5 Å². The second-order valence-corrected chi connectivity index (χ2v) is 5.50. The molecule has 1 aliphatic rings. The minimum atomic E-state index is -0.456. The lowest BCUT2D eigenvalue weighted by Crippen LogP contribution is -1.95. The van der Waals surface area contributed by atoms with Gasteiger partial charge in [-0.3, -0.25) is 10.1 Å². The molecule has 3 aromatic carbocycles. The Morgan fingerprint density at radius 1 is 0.880 bits per heavy atom. The van der Waals surface area contributed by atoms with Gasteiger partial charge in [-0.05, 0) is 24.3 Å². The molecule has 0 unspecified atom stereocenters. The Labute approximate surface area is 143 Å². The van der Waals surface area contributed by atoms with Crippen LogP contribution in [0.5, 0.6) is 23.0 Å². The summed E-state index contributed by atoms with van der Waals surface area (Å²) in [7, 11) is 0. The largest absolute Gasteiger partial charge is 0.456 e. The lowest BCUT2D eigenvalue weighted by atomic mass is 10.1. The summed E-state index contributed by atoms with van der Waals surface area (Å²) in [4.78, 5) is 10.8. The Kier molecular flexibility index (Phi) is 3.67. The van der Waals surface area contributed by atoms with Gasteiger partial charge in [0.15, 0.2) is 0 Å². The fraction of sp³-hybridized carbons (Fsp3) is 0. The van der Waals surface area contributed by atoms with E-state index in [1.165, 1.54) is 12.1 Å². The average molecular weight is 331 g/mol. The monoisotopic (exact) mass is 331 g/mol. The van der Waals surface area contributed by atoms with E-state index in [4.69, 9.17) is 9.47 Å². The van der Waals surface area contributed by atoms with Gasteiger partial charge in [0.1, 0.15) is 23.0 Å². The summed E-state index contributed by atoms with van der Waals surface area (Å²) in [5.41, 5.74) is 1.47. The molecular weight excluding hydrogens is 318 g/mol. The van der Waals surface area contributed by atoms with Crippen molar-refractivity contribution in [2.75, 3.05) is 0 Å². The zero-order valence-electron chi connectivity index (χ0n) is 13.1. The van der Waals surface area contributed by atoms with E-state index in [1.807, 2.05) is 54.6 Å². The molecule has 0 saturated heterocycles. The van der Waals surface area contributed by atoms with Crippen molar-refractivity contribution >= 4 is 17.8 Å². The number of nitro groups is 1. The Morgan fingerprint density at radius 3 is 2.44 bits per heavy atom. The van der Waals surface area contributed by atoms with E-state index in [1.54, 1.807) is 12.1 Å². The number of para-hydroxylation sites is 2. The highest BCUT2D eigenvalue weighted by molar-refractivity contribution is 5.81. The Balaban J connectivity index is 1.85. The number of nitrogens with zero attached hydrogens (tertiary/aromatic N) is 1. The maximum atomic E-state index is 11.3. The number of ether oxygens (including phenoxy) is 2. The van der Waals surface area contributed by atoms with Crippen molar-refractivity contribution < 1.29 is 14.4 Å². The summed E-state index contributed by atoms with van der Waals surface area (Å²) in [6.07, 6.45) is 3.76. The molecule has 0 amide bonds. The molecule has 5 heteroatoms. The molecule has 4 rings (SSSR count). The molecule has 25 heavy (non-hydrogen) atoms. The predicted molar refractivity (Wildman–Crippen MR) is 95.1 cm³/mol. The van der Waals surface area contributed by atoms with Crippen molar-refractivity contribution in [1.29, 1.82) is 0 Å². The summed E-state index contributed by atoms with van der Waals surface area (Å²) >= 11 is 0. The quantitative estimate of drug-likeness (QED) is 0.359. The molecule has 0 aromatic heterocycles. The minimum Gasteiger partial charge on any atom is -0.456 e. The molecule has 0 fully saturated rings. The second kappa shape index (κ2) is 6.13. The van der Waals surface area contributed by atoms with Gasteiger partial charge in [-0.15, -0.1) is 0 Å². The minimum absolute atomic E-state index is 0.0857. The summed E-state index contributed by atoms with van der Waals surface area (Å²) in [5, 5.41) is 11.3. The van der Waals surface area contributed by atoms with Crippen LogP contribution in [-0.4, -0.2) is 4.92 Å². The molecule has 0 saturated carbocycles. The van der Waals surface area contributed by atoms with Crippen LogP contribution < -0.4 is 9.47 Å². The van der Waals surface area contributed by atoms with Crippen LogP contribution in [0.3, 0.4) is 0 Å². The first-order chi connectivity index (χ1) is 12.2. The van der Waals surface area contributed by atoms with Crippen LogP contribution in [0.4, 0.5) is 5.69 Å². The molecule has 0 N–H and O–H groups in total. The summed E-state index contributed by atoms with van der Waals surface area (Å²) in [5.74, 6) is 2.00. The van der Waals surface area contributed by atoms with E-state index >= 15 is 0 Å². The zero-order valence-corrected chi connectivity index (χ0v) is 13.1. The van der Waals surface area contributed by atoms with E-state index in [2.05, 4.69) is 0 Å². The van der Waals surface area contributed by atoms with Crippen molar-refractivity contribution in [3.05, 3.63) is 88.0 Å². The average Bonchev–Trinajstić information content (AvgIpc) is 2.81. The fourth-order valence-electron chi connectivity index (χ4n) is 2.64. The number of rotatable bonds is 3. The van der Waals surface area contributed by atoms with Crippen LogP contribution in [0, 0.1) is 10.1 Å². The molecule has 5 nitrogen and oxygen atoms in total. The van der Waals surface area contributed by atoms with E-state index in [-0.39, 0.29) is 5.69 Å². The van der Waals surface area contributed by atoms with Gasteiger partial charge < -0.3 is 9.47 Å².